The van der Waals surface area contributed by atoms with Gasteiger partial charge in [0.05, 0.1) is 24.0 Å². The summed E-state index contributed by atoms with van der Waals surface area (Å²) >= 11 is 11.5. The first-order chi connectivity index (χ1) is 10.5. The molecule has 0 aliphatic carbocycles. The van der Waals surface area contributed by atoms with Crippen molar-refractivity contribution in [3.63, 3.8) is 0 Å². The zero-order valence-electron chi connectivity index (χ0n) is 11.8. The van der Waals surface area contributed by atoms with Crippen LogP contribution in [0.2, 0.25) is 10.0 Å². The van der Waals surface area contributed by atoms with E-state index in [0.717, 1.165) is 4.68 Å². The number of methoxy groups -OCH3 is 1. The predicted octanol–water partition coefficient (Wildman–Crippen LogP) is 2.76. The van der Waals surface area contributed by atoms with E-state index in [9.17, 15) is 9.59 Å². The maximum absolute atomic E-state index is 12.3. The van der Waals surface area contributed by atoms with Crippen LogP contribution in [0, 0.1) is 0 Å². The van der Waals surface area contributed by atoms with Gasteiger partial charge in [-0.25, -0.2) is 4.68 Å². The van der Waals surface area contributed by atoms with Gasteiger partial charge >= 0.3 is 0 Å². The number of ether oxygens (including phenoxy) is 1. The molecule has 22 heavy (non-hydrogen) atoms. The van der Waals surface area contributed by atoms with Crippen LogP contribution in [0.25, 0.3) is 0 Å². The molecule has 0 saturated heterocycles. The van der Waals surface area contributed by atoms with Gasteiger partial charge in [-0.2, -0.15) is 5.10 Å². The quantitative estimate of drug-likeness (QED) is 0.927. The van der Waals surface area contributed by atoms with Crippen molar-refractivity contribution in [1.82, 2.24) is 9.78 Å². The largest absolute Gasteiger partial charge is 0.495 e. The monoisotopic (exact) mass is 341 g/mol. The number of hydrogen-bond donors (Lipinski definition) is 1. The normalized spacial score (nSPS) is 11.8. The molecule has 0 unspecified atom stereocenters. The molecule has 0 aliphatic heterocycles. The van der Waals surface area contributed by atoms with E-state index >= 15 is 0 Å². The average molecular weight is 342 g/mol. The number of carbonyl (C=O) groups excluding carboxylic acids is 1. The van der Waals surface area contributed by atoms with Crippen LogP contribution in [0.5, 0.6) is 5.75 Å². The lowest BCUT2D eigenvalue weighted by Crippen LogP contribution is -2.33. The van der Waals surface area contributed by atoms with E-state index in [1.807, 2.05) is 0 Å². The second kappa shape index (κ2) is 6.81. The molecule has 8 heteroatoms. The average Bonchev–Trinajstić information content (AvgIpc) is 2.52. The van der Waals surface area contributed by atoms with Crippen LogP contribution in [0.4, 0.5) is 5.69 Å². The van der Waals surface area contributed by atoms with E-state index < -0.39 is 17.5 Å². The summed E-state index contributed by atoms with van der Waals surface area (Å²) in [6, 6.07) is 6.07. The zero-order valence-corrected chi connectivity index (χ0v) is 13.4. The molecule has 0 spiro atoms. The third-order valence-electron chi connectivity index (χ3n) is 3.01. The van der Waals surface area contributed by atoms with Crippen LogP contribution >= 0.6 is 23.2 Å². The van der Waals surface area contributed by atoms with E-state index in [2.05, 4.69) is 10.4 Å². The third-order valence-corrected chi connectivity index (χ3v) is 3.76. The number of amides is 1. The Balaban J connectivity index is 2.27. The number of benzene rings is 1. The zero-order chi connectivity index (χ0) is 16.3. The van der Waals surface area contributed by atoms with Crippen molar-refractivity contribution < 1.29 is 9.53 Å². The Hall–Kier alpha value is -2.05. The second-order valence-electron chi connectivity index (χ2n) is 4.42. The number of nitrogens with one attached hydrogen (secondary N) is 1. The van der Waals surface area contributed by atoms with Crippen LogP contribution in [0.3, 0.4) is 0 Å². The van der Waals surface area contributed by atoms with E-state index in [4.69, 9.17) is 27.9 Å². The maximum atomic E-state index is 12.3. The summed E-state index contributed by atoms with van der Waals surface area (Å²) in [5, 5.41) is 6.39. The van der Waals surface area contributed by atoms with Gasteiger partial charge in [-0.05, 0) is 19.1 Å². The van der Waals surface area contributed by atoms with E-state index in [1.165, 1.54) is 20.2 Å². The first kappa shape index (κ1) is 16.3. The van der Waals surface area contributed by atoms with Gasteiger partial charge in [-0.1, -0.05) is 35.3 Å². The highest BCUT2D eigenvalue weighted by Crippen LogP contribution is 2.24. The summed E-state index contributed by atoms with van der Waals surface area (Å²) in [6.45, 7) is 1.53. The van der Waals surface area contributed by atoms with Gasteiger partial charge in [0.25, 0.3) is 5.56 Å². The van der Waals surface area contributed by atoms with Crippen molar-refractivity contribution in [2.45, 2.75) is 13.0 Å². The molecule has 0 bridgehead atoms. The molecular formula is C14H13Cl2N3O3. The second-order valence-corrected chi connectivity index (χ2v) is 5.21. The minimum atomic E-state index is -0.868. The summed E-state index contributed by atoms with van der Waals surface area (Å²) in [5.41, 5.74) is -0.133. The fourth-order valence-corrected chi connectivity index (χ4v) is 2.06. The molecule has 1 heterocycles. The summed E-state index contributed by atoms with van der Waals surface area (Å²) in [7, 11) is 1.50. The van der Waals surface area contributed by atoms with Crippen LogP contribution in [-0.2, 0) is 4.79 Å². The molecule has 1 amide bonds. The lowest BCUT2D eigenvalue weighted by Gasteiger charge is -2.15. The third kappa shape index (κ3) is 3.23. The van der Waals surface area contributed by atoms with Crippen molar-refractivity contribution in [2.75, 3.05) is 12.4 Å². The van der Waals surface area contributed by atoms with Crippen molar-refractivity contribution in [3.05, 3.63) is 50.9 Å². The van der Waals surface area contributed by atoms with Crippen LogP contribution in [0.1, 0.15) is 13.0 Å². The topological polar surface area (TPSA) is 73.2 Å². The van der Waals surface area contributed by atoms with Crippen LogP contribution in [-0.4, -0.2) is 22.8 Å². The van der Waals surface area contributed by atoms with Crippen molar-refractivity contribution in [3.8, 4) is 5.75 Å². The molecule has 0 fully saturated rings. The van der Waals surface area contributed by atoms with Crippen LogP contribution in [0.15, 0.2) is 35.3 Å². The van der Waals surface area contributed by atoms with Crippen molar-refractivity contribution in [2.24, 2.45) is 0 Å². The fourth-order valence-electron chi connectivity index (χ4n) is 1.80. The molecule has 1 N–H and O–H groups in total. The first-order valence-corrected chi connectivity index (χ1v) is 7.08. The minimum Gasteiger partial charge on any atom is -0.495 e. The van der Waals surface area contributed by atoms with E-state index in [0.29, 0.717) is 11.4 Å². The molecule has 1 aromatic carbocycles. The van der Waals surface area contributed by atoms with Gasteiger partial charge < -0.3 is 10.1 Å². The highest BCUT2D eigenvalue weighted by atomic mass is 35.5. The van der Waals surface area contributed by atoms with Gasteiger partial charge in [-0.3, -0.25) is 9.59 Å². The smallest absolute Gasteiger partial charge is 0.287 e. The Labute approximate surface area is 136 Å². The standard InChI is InChI=1S/C14H13Cl2N3O3/c1-8(19-14(21)12(16)9(15)7-17-19)13(20)18-10-5-3-4-6-11(10)22-2/h3-8H,1-2H3,(H,18,20)/t8-/m1/s1. The molecule has 0 radical (unpaired) electrons. The molecule has 0 aliphatic rings. The molecule has 0 saturated carbocycles. The number of hydrogen-bond acceptors (Lipinski definition) is 4. The van der Waals surface area contributed by atoms with Crippen molar-refractivity contribution in [1.29, 1.82) is 0 Å². The maximum Gasteiger partial charge on any atom is 0.287 e. The summed E-state index contributed by atoms with van der Waals surface area (Å²) in [6.07, 6.45) is 1.22. The minimum absolute atomic E-state index is 0.0419. The highest BCUT2D eigenvalue weighted by molar-refractivity contribution is 6.41. The Morgan fingerprint density at radius 2 is 2.05 bits per heavy atom. The number of carbonyl (C=O) groups is 1. The van der Waals surface area contributed by atoms with Crippen molar-refractivity contribution >= 4 is 34.8 Å². The molecule has 6 nitrogen and oxygen atoms in total. The van der Waals surface area contributed by atoms with Gasteiger partial charge in [0.2, 0.25) is 5.91 Å². The molecule has 2 rings (SSSR count). The van der Waals surface area contributed by atoms with Gasteiger partial charge in [0, 0.05) is 0 Å². The van der Waals surface area contributed by atoms with Gasteiger partial charge in [0.1, 0.15) is 16.8 Å². The number of anilines is 1. The summed E-state index contributed by atoms with van der Waals surface area (Å²) in [4.78, 5) is 24.3. The lowest BCUT2D eigenvalue weighted by molar-refractivity contribution is -0.119. The van der Waals surface area contributed by atoms with Gasteiger partial charge in [0.15, 0.2) is 0 Å². The Kier molecular flexibility index (Phi) is 5.05. The molecule has 116 valence electrons. The number of para-hydroxylation sites is 2. The highest BCUT2D eigenvalue weighted by Gasteiger charge is 2.20. The Morgan fingerprint density at radius 1 is 1.36 bits per heavy atom. The first-order valence-electron chi connectivity index (χ1n) is 6.32. The molecule has 1 atom stereocenters. The Morgan fingerprint density at radius 3 is 2.73 bits per heavy atom. The fraction of sp³-hybridized carbons (Fsp3) is 0.214. The number of halogens is 2. The lowest BCUT2D eigenvalue weighted by atomic mass is 10.2. The van der Waals surface area contributed by atoms with E-state index in [1.54, 1.807) is 24.3 Å². The number of rotatable bonds is 4. The van der Waals surface area contributed by atoms with E-state index in [-0.39, 0.29) is 10.0 Å². The van der Waals surface area contributed by atoms with Crippen LogP contribution < -0.4 is 15.6 Å². The predicted molar refractivity (Wildman–Crippen MR) is 84.9 cm³/mol. The van der Waals surface area contributed by atoms with Gasteiger partial charge in [-0.15, -0.1) is 0 Å². The summed E-state index contributed by atoms with van der Waals surface area (Å²) in [5.74, 6) is 0.0787. The number of aromatic nitrogens is 2. The SMILES string of the molecule is COc1ccccc1NC(=O)[C@@H](C)n1ncc(Cl)c(Cl)c1=O. The number of nitrogens with zero attached hydrogens (tertiary/aromatic N) is 2. The summed E-state index contributed by atoms with van der Waals surface area (Å²) < 4.78 is 6.12. The Bertz CT molecular complexity index is 761. The molecule has 1 aromatic heterocycles. The molecular weight excluding hydrogens is 329 g/mol. The molecule has 2 aromatic rings.